The first-order valence-corrected chi connectivity index (χ1v) is 14.6. The second-order valence-corrected chi connectivity index (χ2v) is 12.2. The molecule has 1 unspecified atom stereocenters. The molecule has 1 aromatic carbocycles. The highest BCUT2D eigenvalue weighted by atomic mass is 32.2. The summed E-state index contributed by atoms with van der Waals surface area (Å²) in [6.07, 6.45) is 9.53. The summed E-state index contributed by atoms with van der Waals surface area (Å²) in [5, 5.41) is 9.48. The molecular weight excluding hydrogens is 483 g/mol. The van der Waals surface area contributed by atoms with Crippen molar-refractivity contribution in [3.8, 4) is 0 Å². The molecule has 2 rings (SSSR count). The van der Waals surface area contributed by atoms with Crippen molar-refractivity contribution in [3.05, 3.63) is 46.8 Å². The Kier molecular flexibility index (Phi) is 11.0. The Bertz CT molecular complexity index is 1030. The largest absolute Gasteiger partial charge is 0.478 e. The van der Waals surface area contributed by atoms with E-state index in [9.17, 15) is 22.6 Å². The zero-order valence-electron chi connectivity index (χ0n) is 19.3. The van der Waals surface area contributed by atoms with Gasteiger partial charge in [0.25, 0.3) is 10.1 Å². The van der Waals surface area contributed by atoms with Gasteiger partial charge in [-0.15, -0.1) is 0 Å². The van der Waals surface area contributed by atoms with E-state index in [0.717, 1.165) is 18.9 Å². The molecule has 0 saturated heterocycles. The van der Waals surface area contributed by atoms with Crippen LogP contribution >= 0.6 is 7.60 Å². The minimum atomic E-state index is -4.05. The van der Waals surface area contributed by atoms with Gasteiger partial charge in [0, 0.05) is 12.4 Å². The van der Waals surface area contributed by atoms with Crippen LogP contribution in [0.5, 0.6) is 0 Å². The van der Waals surface area contributed by atoms with Crippen molar-refractivity contribution in [3.63, 3.8) is 0 Å². The van der Waals surface area contributed by atoms with E-state index < -0.39 is 29.7 Å². The van der Waals surface area contributed by atoms with Crippen LogP contribution in [-0.4, -0.2) is 42.9 Å². The molecule has 0 spiro atoms. The predicted molar refractivity (Wildman–Crippen MR) is 128 cm³/mol. The number of allylic oxidation sites excluding steroid dienone is 2. The van der Waals surface area contributed by atoms with Gasteiger partial charge >= 0.3 is 19.5 Å². The molecule has 1 fully saturated rings. The summed E-state index contributed by atoms with van der Waals surface area (Å²) in [6.45, 7) is 0. The number of hydrogen-bond acceptors (Lipinski definition) is 7. The van der Waals surface area contributed by atoms with E-state index in [-0.39, 0.29) is 23.3 Å². The smallest absolute Gasteiger partial charge is 0.408 e. The summed E-state index contributed by atoms with van der Waals surface area (Å²) < 4.78 is 54.7. The fourth-order valence-corrected chi connectivity index (χ4v) is 6.18. The lowest BCUT2D eigenvalue weighted by Crippen LogP contribution is -2.08. The first-order valence-electron chi connectivity index (χ1n) is 11.4. The lowest BCUT2D eigenvalue weighted by atomic mass is 10.0. The zero-order valence-corrected chi connectivity index (χ0v) is 21.1. The van der Waals surface area contributed by atoms with Crippen molar-refractivity contribution in [1.29, 1.82) is 0 Å². The van der Waals surface area contributed by atoms with Gasteiger partial charge in [0.05, 0.1) is 16.9 Å². The molecule has 0 amide bonds. The Balaban J connectivity index is 2.14. The van der Waals surface area contributed by atoms with Crippen molar-refractivity contribution in [2.45, 2.75) is 64.2 Å². The van der Waals surface area contributed by atoms with Crippen LogP contribution in [0.1, 0.15) is 84.9 Å². The SMILES string of the molecule is COP(=O)(OC(=O)c1cccc(C(=O)O)c1)/C(=C/CCCCS(=O)(=O)O)CCCC1CCCC1. The highest BCUT2D eigenvalue weighted by molar-refractivity contribution is 7.85. The van der Waals surface area contributed by atoms with Crippen LogP contribution in [0, 0.1) is 5.92 Å². The highest BCUT2D eigenvalue weighted by Crippen LogP contribution is 2.58. The molecule has 9 nitrogen and oxygen atoms in total. The summed E-state index contributed by atoms with van der Waals surface area (Å²) in [5.74, 6) is -1.91. The molecule has 1 aliphatic rings. The normalized spacial score (nSPS) is 16.8. The first kappa shape index (κ1) is 28.2. The van der Waals surface area contributed by atoms with Gasteiger partial charge in [-0.25, -0.2) is 14.2 Å². The highest BCUT2D eigenvalue weighted by Gasteiger charge is 2.33. The predicted octanol–water partition coefficient (Wildman–Crippen LogP) is 5.68. The molecule has 0 bridgehead atoms. The maximum atomic E-state index is 13.5. The minimum Gasteiger partial charge on any atom is -0.478 e. The van der Waals surface area contributed by atoms with E-state index in [0.29, 0.717) is 30.5 Å². The number of aromatic carboxylic acids is 1. The Morgan fingerprint density at radius 1 is 1.15 bits per heavy atom. The summed E-state index contributed by atoms with van der Waals surface area (Å²) in [4.78, 5) is 23.9. The molecule has 0 aliphatic heterocycles. The third kappa shape index (κ3) is 9.33. The minimum absolute atomic E-state index is 0.0596. The van der Waals surface area contributed by atoms with Gasteiger partial charge in [0.1, 0.15) is 0 Å². The Labute approximate surface area is 200 Å². The Hall–Kier alpha value is -2.00. The van der Waals surface area contributed by atoms with Gasteiger partial charge in [0.2, 0.25) is 0 Å². The number of hydrogen-bond donors (Lipinski definition) is 2. The van der Waals surface area contributed by atoms with Gasteiger partial charge < -0.3 is 9.63 Å². The number of carboxylic acids is 1. The van der Waals surface area contributed by atoms with Crippen LogP contribution in [0.15, 0.2) is 35.7 Å². The number of carbonyl (C=O) groups excluding carboxylic acids is 1. The van der Waals surface area contributed by atoms with E-state index in [1.807, 2.05) is 0 Å². The number of unbranched alkanes of at least 4 members (excludes halogenated alkanes) is 2. The summed E-state index contributed by atoms with van der Waals surface area (Å²) >= 11 is 0. The molecular formula is C23H33O9PS. The molecule has 0 radical (unpaired) electrons. The molecule has 1 aliphatic carbocycles. The standard InChI is InChI=1S/C23H33O9PS/c1-31-33(27,32-23(26)20-13-8-12-19(17-20)22(24)25)21(14-3-2-6-16-34(28,29)30)15-7-11-18-9-4-5-10-18/h8,12-14,17-18H,2-7,9-11,15-16H2,1H3,(H,24,25)(H,28,29,30)/b21-14+. The Morgan fingerprint density at radius 2 is 1.82 bits per heavy atom. The third-order valence-electron chi connectivity index (χ3n) is 5.90. The average molecular weight is 517 g/mol. The van der Waals surface area contributed by atoms with Crippen LogP contribution in [0.2, 0.25) is 0 Å². The lowest BCUT2D eigenvalue weighted by Gasteiger charge is -2.20. The van der Waals surface area contributed by atoms with Crippen LogP contribution in [-0.2, 0) is 23.7 Å². The first-order chi connectivity index (χ1) is 16.0. The van der Waals surface area contributed by atoms with Crippen molar-refractivity contribution < 1.29 is 41.3 Å². The van der Waals surface area contributed by atoms with Crippen LogP contribution < -0.4 is 0 Å². The van der Waals surface area contributed by atoms with Gasteiger partial charge in [-0.3, -0.25) is 9.08 Å². The summed E-state index contributed by atoms with van der Waals surface area (Å²) in [5.41, 5.74) is -0.163. The summed E-state index contributed by atoms with van der Waals surface area (Å²) in [6, 6.07) is 5.23. The fraction of sp³-hybridized carbons (Fsp3) is 0.565. The molecule has 190 valence electrons. The molecule has 0 aromatic heterocycles. The Morgan fingerprint density at radius 3 is 2.44 bits per heavy atom. The topological polar surface area (TPSA) is 144 Å². The molecule has 2 N–H and O–H groups in total. The van der Waals surface area contributed by atoms with Gasteiger partial charge in [0.15, 0.2) is 0 Å². The van der Waals surface area contributed by atoms with E-state index in [4.69, 9.17) is 18.7 Å². The molecule has 0 heterocycles. The van der Waals surface area contributed by atoms with E-state index in [1.165, 1.54) is 51.0 Å². The van der Waals surface area contributed by atoms with Crippen LogP contribution in [0.4, 0.5) is 0 Å². The maximum Gasteiger partial charge on any atom is 0.408 e. The lowest BCUT2D eigenvalue weighted by molar-refractivity contribution is 0.0696. The second-order valence-electron chi connectivity index (χ2n) is 8.46. The maximum absolute atomic E-state index is 13.5. The monoisotopic (exact) mass is 516 g/mol. The number of carboxylic acid groups (broad SMARTS) is 1. The van der Waals surface area contributed by atoms with Gasteiger partial charge in [-0.2, -0.15) is 8.42 Å². The fourth-order valence-electron chi connectivity index (χ4n) is 4.07. The van der Waals surface area contributed by atoms with Crippen molar-refractivity contribution >= 4 is 29.7 Å². The number of benzene rings is 1. The van der Waals surface area contributed by atoms with E-state index >= 15 is 0 Å². The van der Waals surface area contributed by atoms with E-state index in [1.54, 1.807) is 6.08 Å². The van der Waals surface area contributed by atoms with Crippen molar-refractivity contribution in [1.82, 2.24) is 0 Å². The molecule has 1 aromatic rings. The van der Waals surface area contributed by atoms with Crippen molar-refractivity contribution in [2.75, 3.05) is 12.9 Å². The van der Waals surface area contributed by atoms with Crippen molar-refractivity contribution in [2.24, 2.45) is 5.92 Å². The quantitative estimate of drug-likeness (QED) is 0.181. The molecule has 1 atom stereocenters. The summed E-state index contributed by atoms with van der Waals surface area (Å²) in [7, 11) is -6.88. The molecule has 1 saturated carbocycles. The number of rotatable bonds is 14. The molecule has 34 heavy (non-hydrogen) atoms. The average Bonchev–Trinajstić information content (AvgIpc) is 3.30. The van der Waals surface area contributed by atoms with Gasteiger partial charge in [-0.1, -0.05) is 44.2 Å². The third-order valence-corrected chi connectivity index (χ3v) is 8.70. The number of carbonyl (C=O) groups is 2. The van der Waals surface area contributed by atoms with Crippen LogP contribution in [0.25, 0.3) is 0 Å². The van der Waals surface area contributed by atoms with E-state index in [2.05, 4.69) is 0 Å². The molecule has 11 heteroatoms. The van der Waals surface area contributed by atoms with Crippen LogP contribution in [0.3, 0.4) is 0 Å². The second kappa shape index (κ2) is 13.2. The van der Waals surface area contributed by atoms with Gasteiger partial charge in [-0.05, 0) is 56.2 Å². The zero-order chi connectivity index (χ0) is 25.2.